The fourth-order valence-electron chi connectivity index (χ4n) is 3.94. The number of phosphoric acid groups is 3. The van der Waals surface area contributed by atoms with Gasteiger partial charge in [0.05, 0.1) is 19.0 Å². The maximum Gasteiger partial charge on any atom is 0.490 e. The van der Waals surface area contributed by atoms with Gasteiger partial charge in [0.15, 0.2) is 23.7 Å². The number of imidazole rings is 1. The van der Waals surface area contributed by atoms with E-state index in [1.165, 1.54) is 6.92 Å². The Morgan fingerprint density at radius 1 is 0.952 bits per heavy atom. The third-order valence-electron chi connectivity index (χ3n) is 5.92. The minimum absolute atomic E-state index is 0.148. The van der Waals surface area contributed by atoms with Crippen LogP contribution < -0.4 is 11.3 Å². The average Bonchev–Trinajstić information content (AvgIpc) is 3.39. The van der Waals surface area contributed by atoms with Crippen LogP contribution in [-0.2, 0) is 40.8 Å². The van der Waals surface area contributed by atoms with Crippen molar-refractivity contribution in [3.63, 3.8) is 0 Å². The molecule has 4 rings (SSSR count). The number of aliphatic hydroxyl groups excluding tert-OH is 5. The monoisotopic (exact) mass is 669 g/mol. The van der Waals surface area contributed by atoms with Crippen molar-refractivity contribution in [3.05, 3.63) is 16.7 Å². The molecule has 23 nitrogen and oxygen atoms in total. The van der Waals surface area contributed by atoms with Gasteiger partial charge in [0.25, 0.3) is 5.56 Å². The number of nitrogen functional groups attached to an aromatic ring is 1. The van der Waals surface area contributed by atoms with Gasteiger partial charge in [-0.05, 0) is 6.92 Å². The van der Waals surface area contributed by atoms with Crippen LogP contribution in [0.1, 0.15) is 13.2 Å². The highest BCUT2D eigenvalue weighted by Crippen LogP contribution is 2.68. The van der Waals surface area contributed by atoms with Crippen molar-refractivity contribution in [3.8, 4) is 0 Å². The van der Waals surface area contributed by atoms with Gasteiger partial charge in [0, 0.05) is 0 Å². The van der Waals surface area contributed by atoms with E-state index in [0.717, 1.165) is 10.9 Å². The molecule has 11 N–H and O–H groups in total. The standard InChI is InChI=1S/C16H26N5O18P3/c1-4-7(22)9(24)11(26)15(35-4)37-41(30,31)39-42(32,33)38-40(28,29)34-2-5-8(23)10(25)14(36-5)21-3-18-6-12(21)19-16(17)20-13(6)27/h3-5,7-11,14-15,22-26H,2H2,1H3,(H,28,29)(H,30,31)(H,32,33)(H3,17,19,20,27)/t4-,5+,7+,8+,9-,10+,11+,14+,15+/m0/s1. The number of phosphoric ester groups is 2. The van der Waals surface area contributed by atoms with Crippen LogP contribution in [0.15, 0.2) is 11.1 Å². The second kappa shape index (κ2) is 12.0. The number of aromatic amines is 1. The molecule has 0 radical (unpaired) electrons. The predicted molar refractivity (Wildman–Crippen MR) is 130 cm³/mol. The van der Waals surface area contributed by atoms with Crippen LogP contribution in [0.5, 0.6) is 0 Å². The molecule has 2 saturated heterocycles. The van der Waals surface area contributed by atoms with Gasteiger partial charge in [-0.3, -0.25) is 23.4 Å². The number of hydrogen-bond donors (Lipinski definition) is 10. The molecule has 0 amide bonds. The molecule has 0 saturated carbocycles. The third-order valence-corrected chi connectivity index (χ3v) is 10.2. The van der Waals surface area contributed by atoms with Crippen molar-refractivity contribution in [1.29, 1.82) is 0 Å². The van der Waals surface area contributed by atoms with E-state index in [4.69, 9.17) is 15.2 Å². The summed E-state index contributed by atoms with van der Waals surface area (Å²) in [5.74, 6) is -0.303. The largest absolute Gasteiger partial charge is 0.490 e. The lowest BCUT2D eigenvalue weighted by Gasteiger charge is -2.38. The van der Waals surface area contributed by atoms with E-state index in [1.807, 2.05) is 0 Å². The number of ether oxygens (including phenoxy) is 2. The number of nitrogens with zero attached hydrogens (tertiary/aromatic N) is 3. The zero-order chi connectivity index (χ0) is 31.4. The highest BCUT2D eigenvalue weighted by molar-refractivity contribution is 7.66. The molecular weight excluding hydrogens is 643 g/mol. The molecular formula is C16H26N5O18P3. The first kappa shape index (κ1) is 33.2. The number of aliphatic hydroxyl groups is 5. The van der Waals surface area contributed by atoms with Gasteiger partial charge in [-0.1, -0.05) is 0 Å². The summed E-state index contributed by atoms with van der Waals surface area (Å²) in [5.41, 5.74) is 4.45. The van der Waals surface area contributed by atoms with Gasteiger partial charge in [-0.2, -0.15) is 13.6 Å². The Hall–Kier alpha value is -1.72. The number of aromatic nitrogens is 4. The van der Waals surface area contributed by atoms with E-state index in [9.17, 15) is 58.7 Å². The molecule has 4 heterocycles. The van der Waals surface area contributed by atoms with Crippen LogP contribution in [0.4, 0.5) is 5.95 Å². The lowest BCUT2D eigenvalue weighted by Crippen LogP contribution is -2.57. The maximum atomic E-state index is 12.3. The topological polar surface area (TPSA) is 358 Å². The first-order valence-electron chi connectivity index (χ1n) is 11.5. The number of nitrogens with two attached hydrogens (primary N) is 1. The van der Waals surface area contributed by atoms with Crippen molar-refractivity contribution in [2.75, 3.05) is 12.3 Å². The van der Waals surface area contributed by atoms with E-state index < -0.39 is 90.9 Å². The molecule has 2 aromatic rings. The summed E-state index contributed by atoms with van der Waals surface area (Å²) in [6.07, 6.45) is -14.7. The molecule has 2 fully saturated rings. The summed E-state index contributed by atoms with van der Waals surface area (Å²) in [6, 6.07) is 0. The SMILES string of the molecule is C[C@@H]1O[C@H](OP(=O)(O)OP(=O)(O)OP(=O)(O)OC[C@H]2O[C@@H](n3cnc4c(=O)[nH]c(N)nc43)[C@H](O)[C@@H]2O)[C@H](O)[C@@H](O)[C@@H]1O. The van der Waals surface area contributed by atoms with E-state index in [1.54, 1.807) is 0 Å². The quantitative estimate of drug-likeness (QED) is 0.110. The van der Waals surface area contributed by atoms with Crippen LogP contribution in [0.25, 0.3) is 11.2 Å². The lowest BCUT2D eigenvalue weighted by molar-refractivity contribution is -0.271. The molecule has 12 atom stereocenters. The van der Waals surface area contributed by atoms with Crippen molar-refractivity contribution in [2.45, 2.75) is 62.2 Å². The number of anilines is 1. The Kier molecular flexibility index (Phi) is 9.47. The van der Waals surface area contributed by atoms with Crippen LogP contribution in [0.2, 0.25) is 0 Å². The number of nitrogens with one attached hydrogen (secondary N) is 1. The Morgan fingerprint density at radius 3 is 2.26 bits per heavy atom. The molecule has 0 spiro atoms. The van der Waals surface area contributed by atoms with Gasteiger partial charge >= 0.3 is 23.5 Å². The Labute approximate surface area is 232 Å². The first-order chi connectivity index (χ1) is 19.3. The summed E-state index contributed by atoms with van der Waals surface area (Å²) < 4.78 is 64.7. The zero-order valence-corrected chi connectivity index (χ0v) is 23.6. The normalized spacial score (nSPS) is 36.4. The Morgan fingerprint density at radius 2 is 1.60 bits per heavy atom. The van der Waals surface area contributed by atoms with Gasteiger partial charge in [-0.15, -0.1) is 0 Å². The molecule has 238 valence electrons. The van der Waals surface area contributed by atoms with E-state index >= 15 is 0 Å². The second-order valence-corrected chi connectivity index (χ2v) is 13.6. The lowest BCUT2D eigenvalue weighted by atomic mass is 10.0. The van der Waals surface area contributed by atoms with Gasteiger partial charge < -0.3 is 55.4 Å². The van der Waals surface area contributed by atoms with Gasteiger partial charge in [-0.25, -0.2) is 18.7 Å². The summed E-state index contributed by atoms with van der Waals surface area (Å²) in [4.78, 5) is 51.2. The zero-order valence-electron chi connectivity index (χ0n) is 20.9. The highest BCUT2D eigenvalue weighted by Gasteiger charge is 2.50. The van der Waals surface area contributed by atoms with Crippen LogP contribution >= 0.6 is 23.5 Å². The number of fused-ring (bicyclic) bond motifs is 1. The van der Waals surface area contributed by atoms with Crippen LogP contribution in [0.3, 0.4) is 0 Å². The number of H-pyrrole nitrogens is 1. The minimum Gasteiger partial charge on any atom is -0.388 e. The fourth-order valence-corrected chi connectivity index (χ4v) is 7.53. The summed E-state index contributed by atoms with van der Waals surface area (Å²) in [7, 11) is -17.4. The molecule has 2 aliphatic rings. The van der Waals surface area contributed by atoms with Gasteiger partial charge in [0.1, 0.15) is 36.6 Å². The average molecular weight is 669 g/mol. The van der Waals surface area contributed by atoms with Crippen molar-refractivity contribution < 1.29 is 81.1 Å². The molecule has 0 aliphatic carbocycles. The molecule has 42 heavy (non-hydrogen) atoms. The molecule has 2 aromatic heterocycles. The van der Waals surface area contributed by atoms with Crippen LogP contribution in [-0.4, -0.2) is 115 Å². The van der Waals surface area contributed by atoms with E-state index in [2.05, 4.69) is 32.6 Å². The first-order valence-corrected chi connectivity index (χ1v) is 16.0. The van der Waals surface area contributed by atoms with Crippen molar-refractivity contribution >= 4 is 40.6 Å². The predicted octanol–water partition coefficient (Wildman–Crippen LogP) is -3.48. The maximum absolute atomic E-state index is 12.3. The highest BCUT2D eigenvalue weighted by atomic mass is 31.3. The number of hydrogen-bond acceptors (Lipinski definition) is 18. The smallest absolute Gasteiger partial charge is 0.388 e. The molecule has 2 aliphatic heterocycles. The molecule has 0 bridgehead atoms. The fraction of sp³-hybridized carbons (Fsp3) is 0.688. The molecule has 3 unspecified atom stereocenters. The van der Waals surface area contributed by atoms with Gasteiger partial charge in [0.2, 0.25) is 5.95 Å². The summed E-state index contributed by atoms with van der Waals surface area (Å²) in [5, 5.41) is 50.0. The Bertz CT molecular complexity index is 1500. The van der Waals surface area contributed by atoms with Crippen LogP contribution in [0, 0.1) is 0 Å². The van der Waals surface area contributed by atoms with Crippen molar-refractivity contribution in [1.82, 2.24) is 19.5 Å². The number of rotatable bonds is 10. The van der Waals surface area contributed by atoms with Crippen molar-refractivity contribution in [2.24, 2.45) is 0 Å². The second-order valence-electron chi connectivity index (χ2n) is 8.97. The summed E-state index contributed by atoms with van der Waals surface area (Å²) >= 11 is 0. The third kappa shape index (κ3) is 7.15. The molecule has 26 heteroatoms. The summed E-state index contributed by atoms with van der Waals surface area (Å²) in [6.45, 7) is 0.106. The Balaban J connectivity index is 1.37. The minimum atomic E-state index is -5.99. The van der Waals surface area contributed by atoms with E-state index in [-0.39, 0.29) is 17.1 Å². The molecule has 0 aromatic carbocycles. The van der Waals surface area contributed by atoms with E-state index in [0.29, 0.717) is 0 Å².